The molecule has 0 saturated heterocycles. The minimum absolute atomic E-state index is 0.517. The highest BCUT2D eigenvalue weighted by Gasteiger charge is 2.19. The van der Waals surface area contributed by atoms with Gasteiger partial charge in [-0.1, -0.05) is 28.1 Å². The van der Waals surface area contributed by atoms with Crippen molar-refractivity contribution < 1.29 is 9.52 Å². The van der Waals surface area contributed by atoms with Crippen LogP contribution in [0.1, 0.15) is 34.3 Å². The largest absolute Gasteiger partial charge is 0.466 e. The summed E-state index contributed by atoms with van der Waals surface area (Å²) in [4.78, 5) is 0. The normalized spacial score (nSPS) is 12.7. The molecule has 0 bridgehead atoms. The average molecular weight is 309 g/mol. The topological polar surface area (TPSA) is 33.4 Å². The molecule has 1 N–H and O–H groups in total. The third-order valence-corrected chi connectivity index (χ3v) is 3.76. The fourth-order valence-electron chi connectivity index (χ4n) is 2.29. The van der Waals surface area contributed by atoms with Gasteiger partial charge >= 0.3 is 0 Å². The van der Waals surface area contributed by atoms with Crippen LogP contribution in [0.4, 0.5) is 0 Å². The van der Waals surface area contributed by atoms with Crippen molar-refractivity contribution in [2.24, 2.45) is 0 Å². The molecule has 0 amide bonds. The quantitative estimate of drug-likeness (QED) is 0.920. The van der Waals surface area contributed by atoms with Crippen LogP contribution in [0.3, 0.4) is 0 Å². The second-order valence-corrected chi connectivity index (χ2v) is 5.52. The molecule has 1 aromatic carbocycles. The molecule has 2 rings (SSSR count). The highest BCUT2D eigenvalue weighted by atomic mass is 79.9. The van der Waals surface area contributed by atoms with Crippen LogP contribution in [-0.4, -0.2) is 5.11 Å². The van der Waals surface area contributed by atoms with Crippen molar-refractivity contribution in [3.05, 3.63) is 56.9 Å². The first-order valence-electron chi connectivity index (χ1n) is 5.98. The molecule has 0 saturated carbocycles. The van der Waals surface area contributed by atoms with E-state index in [4.69, 9.17) is 4.42 Å². The standard InChI is InChI=1S/C15H17BrO2/c1-9-10(2)18-11(3)15(9)14(17)8-12-5-4-6-13(16)7-12/h4-7,14,17H,8H2,1-3H3. The van der Waals surface area contributed by atoms with Crippen LogP contribution in [0.25, 0.3) is 0 Å². The number of aliphatic hydroxyl groups excluding tert-OH is 1. The molecule has 2 aromatic rings. The number of furan rings is 1. The van der Waals surface area contributed by atoms with Crippen LogP contribution in [-0.2, 0) is 6.42 Å². The van der Waals surface area contributed by atoms with E-state index in [1.165, 1.54) is 0 Å². The number of aliphatic hydroxyl groups is 1. The first-order chi connectivity index (χ1) is 8.49. The van der Waals surface area contributed by atoms with Gasteiger partial charge < -0.3 is 9.52 Å². The first-order valence-corrected chi connectivity index (χ1v) is 6.77. The molecule has 18 heavy (non-hydrogen) atoms. The molecule has 1 atom stereocenters. The Hall–Kier alpha value is -1.06. The van der Waals surface area contributed by atoms with E-state index in [1.54, 1.807) is 0 Å². The van der Waals surface area contributed by atoms with Gasteiger partial charge in [0.05, 0.1) is 6.10 Å². The Bertz CT molecular complexity index is 558. The van der Waals surface area contributed by atoms with Crippen LogP contribution in [0.2, 0.25) is 0 Å². The zero-order valence-electron chi connectivity index (χ0n) is 10.8. The molecule has 0 fully saturated rings. The van der Waals surface area contributed by atoms with Gasteiger partial charge in [0.2, 0.25) is 0 Å². The summed E-state index contributed by atoms with van der Waals surface area (Å²) < 4.78 is 6.59. The van der Waals surface area contributed by atoms with Crippen molar-refractivity contribution in [2.45, 2.75) is 33.3 Å². The van der Waals surface area contributed by atoms with E-state index in [0.29, 0.717) is 6.42 Å². The zero-order valence-corrected chi connectivity index (χ0v) is 12.4. The monoisotopic (exact) mass is 308 g/mol. The van der Waals surface area contributed by atoms with E-state index in [9.17, 15) is 5.11 Å². The number of hydrogen-bond donors (Lipinski definition) is 1. The van der Waals surface area contributed by atoms with Crippen LogP contribution < -0.4 is 0 Å². The lowest BCUT2D eigenvalue weighted by Gasteiger charge is -2.11. The van der Waals surface area contributed by atoms with E-state index in [1.807, 2.05) is 45.0 Å². The Balaban J connectivity index is 2.24. The van der Waals surface area contributed by atoms with Gasteiger partial charge in [0.15, 0.2) is 0 Å². The van der Waals surface area contributed by atoms with Gasteiger partial charge in [0.25, 0.3) is 0 Å². The molecule has 0 radical (unpaired) electrons. The molecule has 1 aromatic heterocycles. The summed E-state index contributed by atoms with van der Waals surface area (Å²) in [5.74, 6) is 1.70. The number of halogens is 1. The Morgan fingerprint density at radius 2 is 1.94 bits per heavy atom. The molecular weight excluding hydrogens is 292 g/mol. The van der Waals surface area contributed by atoms with E-state index in [-0.39, 0.29) is 0 Å². The summed E-state index contributed by atoms with van der Waals surface area (Å²) in [6, 6.07) is 8.01. The summed E-state index contributed by atoms with van der Waals surface area (Å²) in [5, 5.41) is 10.4. The van der Waals surface area contributed by atoms with Crippen molar-refractivity contribution in [3.63, 3.8) is 0 Å². The van der Waals surface area contributed by atoms with Crippen molar-refractivity contribution in [3.8, 4) is 0 Å². The van der Waals surface area contributed by atoms with Crippen molar-refractivity contribution in [2.75, 3.05) is 0 Å². The first kappa shape index (κ1) is 13.4. The maximum absolute atomic E-state index is 10.4. The summed E-state index contributed by atoms with van der Waals surface area (Å²) in [5.41, 5.74) is 3.08. The van der Waals surface area contributed by atoms with Crippen LogP contribution in [0.5, 0.6) is 0 Å². The number of hydrogen-bond acceptors (Lipinski definition) is 2. The van der Waals surface area contributed by atoms with Gasteiger partial charge in [-0.3, -0.25) is 0 Å². The maximum Gasteiger partial charge on any atom is 0.107 e. The highest BCUT2D eigenvalue weighted by molar-refractivity contribution is 9.10. The molecule has 0 aliphatic rings. The maximum atomic E-state index is 10.4. The second kappa shape index (κ2) is 5.29. The molecular formula is C15H17BrO2. The lowest BCUT2D eigenvalue weighted by atomic mass is 9.98. The van der Waals surface area contributed by atoms with Crippen LogP contribution in [0, 0.1) is 20.8 Å². The van der Waals surface area contributed by atoms with Crippen molar-refractivity contribution in [1.29, 1.82) is 0 Å². The van der Waals surface area contributed by atoms with Crippen LogP contribution >= 0.6 is 15.9 Å². The summed E-state index contributed by atoms with van der Waals surface area (Å²) in [6.07, 6.45) is 0.0804. The molecule has 0 aliphatic heterocycles. The molecule has 3 heteroatoms. The van der Waals surface area contributed by atoms with Gasteiger partial charge in [-0.25, -0.2) is 0 Å². The third-order valence-electron chi connectivity index (χ3n) is 3.27. The molecule has 0 spiro atoms. The molecule has 2 nitrogen and oxygen atoms in total. The summed E-state index contributed by atoms with van der Waals surface area (Å²) in [6.45, 7) is 5.82. The minimum Gasteiger partial charge on any atom is -0.466 e. The number of benzene rings is 1. The predicted molar refractivity (Wildman–Crippen MR) is 75.7 cm³/mol. The summed E-state index contributed by atoms with van der Waals surface area (Å²) in [7, 11) is 0. The minimum atomic E-state index is -0.517. The Morgan fingerprint density at radius 1 is 1.22 bits per heavy atom. The van der Waals surface area contributed by atoms with Crippen molar-refractivity contribution in [1.82, 2.24) is 0 Å². The third kappa shape index (κ3) is 2.68. The fraction of sp³-hybridized carbons (Fsp3) is 0.333. The lowest BCUT2D eigenvalue weighted by molar-refractivity contribution is 0.176. The summed E-state index contributed by atoms with van der Waals surface area (Å²) >= 11 is 3.44. The fourth-order valence-corrected chi connectivity index (χ4v) is 2.74. The zero-order chi connectivity index (χ0) is 13.3. The van der Waals surface area contributed by atoms with Gasteiger partial charge in [-0.2, -0.15) is 0 Å². The van der Waals surface area contributed by atoms with Gasteiger partial charge in [-0.15, -0.1) is 0 Å². The SMILES string of the molecule is Cc1oc(C)c(C(O)Cc2cccc(Br)c2)c1C. The van der Waals surface area contributed by atoms with Crippen LogP contribution in [0.15, 0.2) is 33.2 Å². The van der Waals surface area contributed by atoms with Gasteiger partial charge in [-0.05, 0) is 44.0 Å². The van der Waals surface area contributed by atoms with Gasteiger partial charge in [0, 0.05) is 16.5 Å². The second-order valence-electron chi connectivity index (χ2n) is 4.60. The van der Waals surface area contributed by atoms with Crippen molar-refractivity contribution >= 4 is 15.9 Å². The Morgan fingerprint density at radius 3 is 2.50 bits per heavy atom. The van der Waals surface area contributed by atoms with E-state index < -0.39 is 6.10 Å². The Kier molecular flexibility index (Phi) is 3.93. The molecule has 1 unspecified atom stereocenters. The molecule has 0 aliphatic carbocycles. The molecule has 96 valence electrons. The smallest absolute Gasteiger partial charge is 0.107 e. The molecule has 1 heterocycles. The van der Waals surface area contributed by atoms with E-state index in [2.05, 4.69) is 15.9 Å². The van der Waals surface area contributed by atoms with E-state index in [0.717, 1.165) is 32.7 Å². The van der Waals surface area contributed by atoms with Gasteiger partial charge in [0.1, 0.15) is 11.5 Å². The Labute approximate surface area is 116 Å². The number of aryl methyl sites for hydroxylation is 2. The lowest BCUT2D eigenvalue weighted by Crippen LogP contribution is -2.04. The average Bonchev–Trinajstić information content (AvgIpc) is 2.53. The predicted octanol–water partition coefficient (Wildman–Crippen LogP) is 4.24. The van der Waals surface area contributed by atoms with E-state index >= 15 is 0 Å². The highest BCUT2D eigenvalue weighted by Crippen LogP contribution is 2.29. The number of rotatable bonds is 3.